The van der Waals surface area contributed by atoms with Gasteiger partial charge >= 0.3 is 0 Å². The minimum Gasteiger partial charge on any atom is -0.0654 e. The highest BCUT2D eigenvalue weighted by atomic mass is 14.3. The summed E-state index contributed by atoms with van der Waals surface area (Å²) in [6.07, 6.45) is 9.76. The van der Waals surface area contributed by atoms with E-state index in [4.69, 9.17) is 0 Å². The van der Waals surface area contributed by atoms with Crippen molar-refractivity contribution in [1.82, 2.24) is 0 Å². The molecule has 0 aromatic rings. The van der Waals surface area contributed by atoms with Gasteiger partial charge in [0, 0.05) is 0 Å². The molecule has 0 saturated carbocycles. The molecule has 0 saturated heterocycles. The molecule has 0 amide bonds. The van der Waals surface area contributed by atoms with Gasteiger partial charge in [0.1, 0.15) is 0 Å². The maximum Gasteiger partial charge on any atom is -0.0360 e. The van der Waals surface area contributed by atoms with Gasteiger partial charge in [0.15, 0.2) is 0 Å². The van der Waals surface area contributed by atoms with E-state index in [9.17, 15) is 0 Å². The third-order valence-electron chi connectivity index (χ3n) is 4.18. The summed E-state index contributed by atoms with van der Waals surface area (Å²) in [7, 11) is 0. The van der Waals surface area contributed by atoms with E-state index in [1.54, 1.807) is 0 Å². The summed E-state index contributed by atoms with van der Waals surface area (Å²) in [4.78, 5) is 0. The monoisotopic (exact) mass is 212 g/mol. The number of hydrogen-bond donors (Lipinski definition) is 0. The summed E-state index contributed by atoms with van der Waals surface area (Å²) in [5, 5.41) is 0. The van der Waals surface area contributed by atoms with Crippen molar-refractivity contribution in [2.75, 3.05) is 0 Å². The summed E-state index contributed by atoms with van der Waals surface area (Å²) in [6.45, 7) is 11.8. The van der Waals surface area contributed by atoms with Crippen molar-refractivity contribution in [1.29, 1.82) is 0 Å². The Labute approximate surface area is 97.8 Å². The molecule has 0 fully saturated rings. The highest BCUT2D eigenvalue weighted by Gasteiger charge is 2.24. The normalized spacial score (nSPS) is 15.6. The summed E-state index contributed by atoms with van der Waals surface area (Å²) in [6, 6.07) is 0. The molecule has 0 aliphatic carbocycles. The second kappa shape index (κ2) is 9.24. The van der Waals surface area contributed by atoms with Crippen LogP contribution in [0.15, 0.2) is 0 Å². The zero-order chi connectivity index (χ0) is 11.7. The van der Waals surface area contributed by atoms with E-state index in [1.165, 1.54) is 44.9 Å². The maximum absolute atomic E-state index is 2.39. The van der Waals surface area contributed by atoms with Crippen LogP contribution in [0.5, 0.6) is 0 Å². The summed E-state index contributed by atoms with van der Waals surface area (Å²) >= 11 is 0. The second-order valence-corrected chi connectivity index (χ2v) is 4.96. The number of rotatable bonds is 9. The molecule has 2 unspecified atom stereocenters. The smallest absolute Gasteiger partial charge is 0.0360 e. The van der Waals surface area contributed by atoms with Crippen molar-refractivity contribution in [3.05, 3.63) is 0 Å². The molecule has 0 bridgehead atoms. The Bertz CT molecular complexity index is 124. The molecule has 0 heteroatoms. The van der Waals surface area contributed by atoms with Crippen molar-refractivity contribution >= 4 is 0 Å². The third kappa shape index (κ3) is 5.04. The lowest BCUT2D eigenvalue weighted by Gasteiger charge is -2.32. The fourth-order valence-electron chi connectivity index (χ4n) is 3.13. The third-order valence-corrected chi connectivity index (χ3v) is 4.18. The number of hydrogen-bond acceptors (Lipinski definition) is 0. The Morgan fingerprint density at radius 2 is 1.20 bits per heavy atom. The van der Waals surface area contributed by atoms with Gasteiger partial charge in [-0.1, -0.05) is 79.6 Å². The number of unbranched alkanes of at least 4 members (excludes halogenated alkanes) is 1. The lowest BCUT2D eigenvalue weighted by Crippen LogP contribution is -2.22. The van der Waals surface area contributed by atoms with E-state index in [1.807, 2.05) is 0 Å². The van der Waals surface area contributed by atoms with Gasteiger partial charge in [-0.15, -0.1) is 0 Å². The van der Waals surface area contributed by atoms with Crippen molar-refractivity contribution in [3.8, 4) is 0 Å². The van der Waals surface area contributed by atoms with Gasteiger partial charge in [0.25, 0.3) is 0 Å². The van der Waals surface area contributed by atoms with Gasteiger partial charge in [-0.2, -0.15) is 0 Å². The van der Waals surface area contributed by atoms with Gasteiger partial charge < -0.3 is 0 Å². The van der Waals surface area contributed by atoms with Gasteiger partial charge in [-0.25, -0.2) is 0 Å². The molecule has 0 aromatic carbocycles. The fourth-order valence-corrected chi connectivity index (χ4v) is 3.13. The summed E-state index contributed by atoms with van der Waals surface area (Å²) < 4.78 is 0. The van der Waals surface area contributed by atoms with Gasteiger partial charge in [-0.05, 0) is 17.8 Å². The first-order valence-electron chi connectivity index (χ1n) is 7.24. The quantitative estimate of drug-likeness (QED) is 0.462. The molecular formula is C15H32. The lowest BCUT2D eigenvalue weighted by molar-refractivity contribution is 0.188. The van der Waals surface area contributed by atoms with Crippen LogP contribution in [0.4, 0.5) is 0 Å². The molecule has 0 radical (unpaired) electrons. The molecule has 0 nitrogen and oxygen atoms in total. The van der Waals surface area contributed by atoms with Crippen LogP contribution in [-0.2, 0) is 0 Å². The van der Waals surface area contributed by atoms with Crippen molar-refractivity contribution < 1.29 is 0 Å². The molecule has 15 heavy (non-hydrogen) atoms. The van der Waals surface area contributed by atoms with Crippen molar-refractivity contribution in [2.24, 2.45) is 17.8 Å². The van der Waals surface area contributed by atoms with E-state index < -0.39 is 0 Å². The van der Waals surface area contributed by atoms with E-state index in [0.717, 1.165) is 17.8 Å². The molecule has 0 aliphatic rings. The van der Waals surface area contributed by atoms with Crippen LogP contribution in [0, 0.1) is 17.8 Å². The second-order valence-electron chi connectivity index (χ2n) is 4.96. The zero-order valence-corrected chi connectivity index (χ0v) is 11.7. The molecule has 0 aromatic heterocycles. The lowest BCUT2D eigenvalue weighted by atomic mass is 9.74. The Hall–Kier alpha value is 0. The molecule has 0 spiro atoms. The maximum atomic E-state index is 2.39. The van der Waals surface area contributed by atoms with Crippen LogP contribution >= 0.6 is 0 Å². The molecular weight excluding hydrogens is 180 g/mol. The molecule has 2 atom stereocenters. The summed E-state index contributed by atoms with van der Waals surface area (Å²) in [5.74, 6) is 2.94. The largest absolute Gasteiger partial charge is 0.0654 e. The average Bonchev–Trinajstić information content (AvgIpc) is 2.28. The Morgan fingerprint density at radius 1 is 0.667 bits per heavy atom. The molecule has 92 valence electrons. The summed E-state index contributed by atoms with van der Waals surface area (Å²) in [5.41, 5.74) is 0. The first kappa shape index (κ1) is 15.0. The van der Waals surface area contributed by atoms with E-state index >= 15 is 0 Å². The first-order chi connectivity index (χ1) is 7.24. The highest BCUT2D eigenvalue weighted by Crippen LogP contribution is 2.34. The topological polar surface area (TPSA) is 0 Å². The van der Waals surface area contributed by atoms with Crippen LogP contribution in [0.2, 0.25) is 0 Å². The van der Waals surface area contributed by atoms with Crippen LogP contribution < -0.4 is 0 Å². The Morgan fingerprint density at radius 3 is 1.53 bits per heavy atom. The van der Waals surface area contributed by atoms with Gasteiger partial charge in [-0.3, -0.25) is 0 Å². The van der Waals surface area contributed by atoms with E-state index in [0.29, 0.717) is 0 Å². The Balaban J connectivity index is 4.29. The molecule has 0 rings (SSSR count). The van der Waals surface area contributed by atoms with Crippen LogP contribution in [-0.4, -0.2) is 0 Å². The highest BCUT2D eigenvalue weighted by molar-refractivity contribution is 4.74. The standard InChI is InChI=1S/C15H32/c1-6-11-12-14(9-4)15(10-5)13(7-2)8-3/h13-15H,6-12H2,1-5H3. The molecule has 0 N–H and O–H groups in total. The predicted octanol–water partition coefficient (Wildman–Crippen LogP) is 5.67. The molecule has 0 heterocycles. The SMILES string of the molecule is CCCCC(CC)C(CC)C(CC)CC. The van der Waals surface area contributed by atoms with Crippen molar-refractivity contribution in [2.45, 2.75) is 79.6 Å². The van der Waals surface area contributed by atoms with Gasteiger partial charge in [0.2, 0.25) is 0 Å². The van der Waals surface area contributed by atoms with Crippen molar-refractivity contribution in [3.63, 3.8) is 0 Å². The van der Waals surface area contributed by atoms with Gasteiger partial charge in [0.05, 0.1) is 0 Å². The van der Waals surface area contributed by atoms with Crippen LogP contribution in [0.3, 0.4) is 0 Å². The zero-order valence-electron chi connectivity index (χ0n) is 11.7. The Kier molecular flexibility index (Phi) is 9.24. The average molecular weight is 212 g/mol. The fraction of sp³-hybridized carbons (Fsp3) is 1.00. The van der Waals surface area contributed by atoms with E-state index in [2.05, 4.69) is 34.6 Å². The van der Waals surface area contributed by atoms with E-state index in [-0.39, 0.29) is 0 Å². The minimum absolute atomic E-state index is 0.969. The minimum atomic E-state index is 0.969. The molecule has 0 aliphatic heterocycles. The first-order valence-corrected chi connectivity index (χ1v) is 7.24. The van der Waals surface area contributed by atoms with Crippen LogP contribution in [0.25, 0.3) is 0 Å². The van der Waals surface area contributed by atoms with Crippen LogP contribution in [0.1, 0.15) is 79.6 Å². The predicted molar refractivity (Wildman–Crippen MR) is 71.2 cm³/mol.